The van der Waals surface area contributed by atoms with E-state index in [1.807, 2.05) is 0 Å². The molecule has 5 atom stereocenters. The molecule has 0 spiro atoms. The molecular weight excluding hydrogens is 328 g/mol. The van der Waals surface area contributed by atoms with Gasteiger partial charge in [0.1, 0.15) is 0 Å². The van der Waals surface area contributed by atoms with E-state index in [0.29, 0.717) is 11.8 Å². The first-order chi connectivity index (χ1) is 11.6. The molecule has 0 aromatic heterocycles. The summed E-state index contributed by atoms with van der Waals surface area (Å²) in [6.07, 6.45) is 14.2. The third kappa shape index (κ3) is 5.52. The second kappa shape index (κ2) is 8.51. The van der Waals surface area contributed by atoms with Gasteiger partial charge in [-0.15, -0.1) is 0 Å². The van der Waals surface area contributed by atoms with Gasteiger partial charge in [-0.05, 0) is 24.6 Å². The third-order valence-electron chi connectivity index (χ3n) is 6.12. The number of fused-ring (bicyclic) bond motifs is 1. The molecular formula is C21H38O3Si. The lowest BCUT2D eigenvalue weighted by Gasteiger charge is -2.38. The highest BCUT2D eigenvalue weighted by atomic mass is 28.4. The number of unbranched alkanes of at least 4 members (excludes halogenated alkanes) is 2. The van der Waals surface area contributed by atoms with E-state index in [4.69, 9.17) is 9.16 Å². The van der Waals surface area contributed by atoms with Crippen LogP contribution in [0, 0.1) is 11.8 Å². The lowest BCUT2D eigenvalue weighted by molar-refractivity contribution is -0.0782. The molecule has 2 unspecified atom stereocenters. The first-order valence-corrected chi connectivity index (χ1v) is 12.9. The lowest BCUT2D eigenvalue weighted by Crippen LogP contribution is -2.43. The van der Waals surface area contributed by atoms with Gasteiger partial charge >= 0.3 is 0 Å². The summed E-state index contributed by atoms with van der Waals surface area (Å²) < 4.78 is 12.2. The van der Waals surface area contributed by atoms with Crippen LogP contribution in [0.3, 0.4) is 0 Å². The van der Waals surface area contributed by atoms with Gasteiger partial charge in [0, 0.05) is 18.3 Å². The van der Waals surface area contributed by atoms with Gasteiger partial charge in [0.2, 0.25) is 0 Å². The first kappa shape index (κ1) is 20.9. The molecule has 144 valence electrons. The van der Waals surface area contributed by atoms with E-state index in [0.717, 1.165) is 12.8 Å². The van der Waals surface area contributed by atoms with Crippen LogP contribution in [0.2, 0.25) is 18.1 Å². The predicted octanol–water partition coefficient (Wildman–Crippen LogP) is 5.42. The fourth-order valence-corrected chi connectivity index (χ4v) is 4.76. The summed E-state index contributed by atoms with van der Waals surface area (Å²) in [5.41, 5.74) is 0. The number of aliphatic hydroxyl groups excluding tert-OH is 1. The zero-order chi connectivity index (χ0) is 18.7. The highest BCUT2D eigenvalue weighted by Gasteiger charge is 2.40. The van der Waals surface area contributed by atoms with Crippen molar-refractivity contribution in [3.05, 3.63) is 24.3 Å². The molecule has 1 aliphatic carbocycles. The smallest absolute Gasteiger partial charge is 0.192 e. The molecule has 0 bridgehead atoms. The topological polar surface area (TPSA) is 38.7 Å². The maximum Gasteiger partial charge on any atom is 0.192 e. The summed E-state index contributed by atoms with van der Waals surface area (Å²) in [7, 11) is -1.78. The molecule has 0 aromatic rings. The Balaban J connectivity index is 2.01. The largest absolute Gasteiger partial charge is 0.411 e. The number of hydrogen-bond acceptors (Lipinski definition) is 3. The number of hydrogen-bond donors (Lipinski definition) is 1. The van der Waals surface area contributed by atoms with Gasteiger partial charge < -0.3 is 14.3 Å². The van der Waals surface area contributed by atoms with Crippen LogP contribution < -0.4 is 0 Å². The van der Waals surface area contributed by atoms with E-state index >= 15 is 0 Å². The Morgan fingerprint density at radius 3 is 2.64 bits per heavy atom. The summed E-state index contributed by atoms with van der Waals surface area (Å²) in [4.78, 5) is 0. The van der Waals surface area contributed by atoms with Gasteiger partial charge in [0.05, 0.1) is 12.2 Å². The zero-order valence-corrected chi connectivity index (χ0v) is 18.0. The molecule has 0 amide bonds. The van der Waals surface area contributed by atoms with Crippen molar-refractivity contribution in [3.63, 3.8) is 0 Å². The van der Waals surface area contributed by atoms with Crippen molar-refractivity contribution in [3.8, 4) is 0 Å². The maximum absolute atomic E-state index is 9.72. The Morgan fingerprint density at radius 1 is 1.28 bits per heavy atom. The van der Waals surface area contributed by atoms with Crippen LogP contribution in [-0.2, 0) is 9.16 Å². The molecule has 25 heavy (non-hydrogen) atoms. The van der Waals surface area contributed by atoms with E-state index in [-0.39, 0.29) is 17.2 Å². The number of ether oxygens (including phenoxy) is 1. The summed E-state index contributed by atoms with van der Waals surface area (Å²) in [6.45, 7) is 13.8. The molecule has 4 heteroatoms. The van der Waals surface area contributed by atoms with Crippen molar-refractivity contribution in [2.45, 2.75) is 96.4 Å². The fraction of sp³-hybridized carbons (Fsp3) is 0.810. The van der Waals surface area contributed by atoms with Crippen molar-refractivity contribution in [1.29, 1.82) is 0 Å². The van der Waals surface area contributed by atoms with Gasteiger partial charge in [0.15, 0.2) is 14.6 Å². The monoisotopic (exact) mass is 366 g/mol. The molecule has 3 nitrogen and oxygen atoms in total. The second-order valence-electron chi connectivity index (χ2n) is 9.21. The molecule has 0 radical (unpaired) electrons. The second-order valence-corrected chi connectivity index (χ2v) is 14.0. The van der Waals surface area contributed by atoms with Crippen molar-refractivity contribution in [2.75, 3.05) is 0 Å². The third-order valence-corrected chi connectivity index (χ3v) is 10.6. The van der Waals surface area contributed by atoms with Gasteiger partial charge in [-0.25, -0.2) is 0 Å². The average molecular weight is 367 g/mol. The van der Waals surface area contributed by atoms with Crippen molar-refractivity contribution in [2.24, 2.45) is 11.8 Å². The van der Waals surface area contributed by atoms with Crippen LogP contribution in [0.5, 0.6) is 0 Å². The highest BCUT2D eigenvalue weighted by molar-refractivity contribution is 6.74. The van der Waals surface area contributed by atoms with Crippen LogP contribution >= 0.6 is 0 Å². The fourth-order valence-electron chi connectivity index (χ4n) is 3.45. The number of aliphatic hydroxyl groups is 1. The molecule has 1 saturated heterocycles. The van der Waals surface area contributed by atoms with Gasteiger partial charge in [-0.1, -0.05) is 71.3 Å². The quantitative estimate of drug-likeness (QED) is 0.354. The predicted molar refractivity (Wildman–Crippen MR) is 107 cm³/mol. The van der Waals surface area contributed by atoms with Crippen LogP contribution in [0.1, 0.15) is 59.8 Å². The molecule has 0 aromatic carbocycles. The van der Waals surface area contributed by atoms with Crippen molar-refractivity contribution >= 4 is 8.32 Å². The average Bonchev–Trinajstić information content (AvgIpc) is 3.02. The standard InChI is InChI=1S/C21H38O3Si/c1-7-8-9-10-17(24-25(5,6)21(2,3)4)13-11-16-12-14-19-18(16)15-20(22)23-19/h11-14,16-20,22H,7-10,15H2,1-6H3/b13-11+/t16-,17?,18-,19+,20?/m1/s1. The Hall–Kier alpha value is -0.423. The van der Waals surface area contributed by atoms with Gasteiger partial charge in [0.25, 0.3) is 0 Å². The van der Waals surface area contributed by atoms with Crippen LogP contribution in [0.4, 0.5) is 0 Å². The summed E-state index contributed by atoms with van der Waals surface area (Å²) >= 11 is 0. The maximum atomic E-state index is 9.72. The van der Waals surface area contributed by atoms with E-state index in [2.05, 4.69) is 65.1 Å². The summed E-state index contributed by atoms with van der Waals surface area (Å²) in [5.74, 6) is 0.745. The molecule has 2 rings (SSSR count). The highest BCUT2D eigenvalue weighted by Crippen LogP contribution is 2.40. The molecule has 1 heterocycles. The minimum absolute atomic E-state index is 0.0875. The van der Waals surface area contributed by atoms with Gasteiger partial charge in [-0.3, -0.25) is 0 Å². The minimum atomic E-state index is -1.78. The number of rotatable bonds is 8. The zero-order valence-electron chi connectivity index (χ0n) is 17.0. The van der Waals surface area contributed by atoms with Crippen LogP contribution in [0.15, 0.2) is 24.3 Å². The molecule has 0 saturated carbocycles. The molecule has 2 aliphatic rings. The minimum Gasteiger partial charge on any atom is -0.411 e. The Bertz CT molecular complexity index is 478. The van der Waals surface area contributed by atoms with E-state index in [1.54, 1.807) is 0 Å². The SMILES string of the molecule is CCCCCC(/C=C/[C@@H]1C=C[C@@H]2OC(O)C[C@@H]21)O[Si](C)(C)C(C)(C)C. The van der Waals surface area contributed by atoms with Crippen molar-refractivity contribution in [1.82, 2.24) is 0 Å². The van der Waals surface area contributed by atoms with E-state index in [1.165, 1.54) is 19.3 Å². The first-order valence-electron chi connectivity index (χ1n) is 10.0. The summed E-state index contributed by atoms with van der Waals surface area (Å²) in [6, 6.07) is 0. The Kier molecular flexibility index (Phi) is 7.11. The Morgan fingerprint density at radius 2 is 2.00 bits per heavy atom. The normalized spacial score (nSPS) is 31.0. The summed E-state index contributed by atoms with van der Waals surface area (Å²) in [5, 5.41) is 9.94. The van der Waals surface area contributed by atoms with Crippen LogP contribution in [-0.4, -0.2) is 31.9 Å². The van der Waals surface area contributed by atoms with Crippen LogP contribution in [0.25, 0.3) is 0 Å². The van der Waals surface area contributed by atoms with E-state index < -0.39 is 14.6 Å². The van der Waals surface area contributed by atoms with Gasteiger partial charge in [-0.2, -0.15) is 0 Å². The van der Waals surface area contributed by atoms with Crippen molar-refractivity contribution < 1.29 is 14.3 Å². The Labute approximate surface area is 155 Å². The molecule has 1 N–H and O–H groups in total. The number of allylic oxidation sites excluding steroid dienone is 2. The molecule has 1 fully saturated rings. The van der Waals surface area contributed by atoms with E-state index in [9.17, 15) is 5.11 Å². The molecule has 1 aliphatic heterocycles. The lowest BCUT2D eigenvalue weighted by atomic mass is 9.91.